The number of piperidine rings is 1. The van der Waals surface area contributed by atoms with E-state index in [4.69, 9.17) is 9.26 Å². The second kappa shape index (κ2) is 8.39. The van der Waals surface area contributed by atoms with Crippen LogP contribution in [0, 0.1) is 5.41 Å². The van der Waals surface area contributed by atoms with E-state index < -0.39 is 7.52 Å². The molecule has 2 saturated heterocycles. The van der Waals surface area contributed by atoms with Gasteiger partial charge in [0.25, 0.3) is 7.52 Å². The predicted octanol–water partition coefficient (Wildman–Crippen LogP) is 4.23. The molecule has 2 rings (SSSR count). The van der Waals surface area contributed by atoms with Crippen molar-refractivity contribution in [1.82, 2.24) is 9.57 Å². The van der Waals surface area contributed by atoms with Gasteiger partial charge < -0.3 is 9.26 Å². The first-order valence-corrected chi connectivity index (χ1v) is 11.5. The third kappa shape index (κ3) is 5.29. The molecule has 0 aromatic heterocycles. The van der Waals surface area contributed by atoms with Gasteiger partial charge in [0.05, 0.1) is 25.0 Å². The van der Waals surface area contributed by atoms with Crippen LogP contribution in [0.5, 0.6) is 0 Å². The molecule has 0 N–H and O–H groups in total. The van der Waals surface area contributed by atoms with E-state index in [1.54, 1.807) is 0 Å². The summed E-state index contributed by atoms with van der Waals surface area (Å²) in [5.74, 6) is 0. The van der Waals surface area contributed by atoms with Gasteiger partial charge in [-0.15, -0.1) is 0 Å². The summed E-state index contributed by atoms with van der Waals surface area (Å²) >= 11 is 0. The normalized spacial score (nSPS) is 25.0. The Morgan fingerprint density at radius 3 is 2.08 bits per heavy atom. The maximum Gasteiger partial charge on any atom is 0.277 e. The van der Waals surface area contributed by atoms with Crippen molar-refractivity contribution < 1.29 is 13.8 Å². The van der Waals surface area contributed by atoms with E-state index in [0.29, 0.717) is 12.6 Å². The molecule has 148 valence electrons. The van der Waals surface area contributed by atoms with Crippen LogP contribution in [0.1, 0.15) is 60.8 Å². The van der Waals surface area contributed by atoms with Gasteiger partial charge in [-0.1, -0.05) is 20.8 Å². The van der Waals surface area contributed by atoms with E-state index in [1.807, 2.05) is 0 Å². The topological polar surface area (TPSA) is 42.0 Å². The molecule has 25 heavy (non-hydrogen) atoms. The van der Waals surface area contributed by atoms with Crippen molar-refractivity contribution >= 4 is 7.52 Å². The van der Waals surface area contributed by atoms with E-state index in [0.717, 1.165) is 58.7 Å². The number of ether oxygens (including phenoxy) is 1. The van der Waals surface area contributed by atoms with Crippen molar-refractivity contribution in [2.75, 3.05) is 46.0 Å². The molecule has 0 aromatic carbocycles. The SMILES string of the molecule is CCC(C)(C)COP(=O)(N1CCC(N2CCOCC2)CC1)C(C)(C)C. The smallest absolute Gasteiger partial charge is 0.277 e. The van der Waals surface area contributed by atoms with E-state index in [1.165, 1.54) is 0 Å². The van der Waals surface area contributed by atoms with Crippen molar-refractivity contribution in [2.45, 2.75) is 72.0 Å². The van der Waals surface area contributed by atoms with Crippen LogP contribution in [0.15, 0.2) is 0 Å². The highest BCUT2D eigenvalue weighted by atomic mass is 31.2. The molecule has 2 fully saturated rings. The number of nitrogens with zero attached hydrogens (tertiary/aromatic N) is 2. The van der Waals surface area contributed by atoms with Crippen molar-refractivity contribution in [3.63, 3.8) is 0 Å². The van der Waals surface area contributed by atoms with Gasteiger partial charge in [-0.2, -0.15) is 0 Å². The average Bonchev–Trinajstić information content (AvgIpc) is 2.60. The minimum absolute atomic E-state index is 0.0625. The fourth-order valence-electron chi connectivity index (χ4n) is 3.49. The highest BCUT2D eigenvalue weighted by Gasteiger charge is 2.46. The van der Waals surface area contributed by atoms with Gasteiger partial charge in [0.1, 0.15) is 0 Å². The molecule has 2 aliphatic heterocycles. The van der Waals surface area contributed by atoms with Crippen LogP contribution >= 0.6 is 7.52 Å². The first-order chi connectivity index (χ1) is 11.6. The monoisotopic (exact) mass is 374 g/mol. The summed E-state index contributed by atoms with van der Waals surface area (Å²) in [6.07, 6.45) is 3.16. The van der Waals surface area contributed by atoms with Crippen LogP contribution in [0.3, 0.4) is 0 Å². The lowest BCUT2D eigenvalue weighted by Crippen LogP contribution is -2.49. The van der Waals surface area contributed by atoms with Crippen LogP contribution in [-0.4, -0.2) is 66.8 Å². The van der Waals surface area contributed by atoms with E-state index in [2.05, 4.69) is 51.1 Å². The van der Waals surface area contributed by atoms with Gasteiger partial charge in [-0.05, 0) is 45.4 Å². The molecule has 1 unspecified atom stereocenters. The van der Waals surface area contributed by atoms with Crippen LogP contribution in [0.4, 0.5) is 0 Å². The Hall–Kier alpha value is 0.0700. The standard InChI is InChI=1S/C19H39N2O3P/c1-7-19(5,6)16-24-25(22,18(2,3)4)21-10-8-17(9-11-21)20-12-14-23-15-13-20/h17H,7-16H2,1-6H3. The molecule has 0 bridgehead atoms. The van der Waals surface area contributed by atoms with Crippen LogP contribution in [0.25, 0.3) is 0 Å². The first kappa shape index (κ1) is 21.4. The van der Waals surface area contributed by atoms with Gasteiger partial charge in [0, 0.05) is 32.2 Å². The number of morpholine rings is 1. The van der Waals surface area contributed by atoms with Gasteiger partial charge in [-0.25, -0.2) is 4.67 Å². The molecule has 5 nitrogen and oxygen atoms in total. The molecule has 6 heteroatoms. The Bertz CT molecular complexity index is 462. The minimum Gasteiger partial charge on any atom is -0.379 e. The Balaban J connectivity index is 2.01. The lowest BCUT2D eigenvalue weighted by Gasteiger charge is -2.45. The number of hydrogen-bond acceptors (Lipinski definition) is 4. The van der Waals surface area contributed by atoms with E-state index in [9.17, 15) is 4.57 Å². The highest BCUT2D eigenvalue weighted by Crippen LogP contribution is 2.62. The largest absolute Gasteiger partial charge is 0.379 e. The van der Waals surface area contributed by atoms with Crippen molar-refractivity contribution in [1.29, 1.82) is 0 Å². The molecule has 0 aromatic rings. The molecule has 0 spiro atoms. The molecule has 2 heterocycles. The zero-order valence-electron chi connectivity index (χ0n) is 17.2. The number of hydrogen-bond donors (Lipinski definition) is 0. The van der Waals surface area contributed by atoms with Gasteiger partial charge in [-0.3, -0.25) is 9.46 Å². The highest BCUT2D eigenvalue weighted by molar-refractivity contribution is 7.58. The van der Waals surface area contributed by atoms with Crippen molar-refractivity contribution in [2.24, 2.45) is 5.41 Å². The Kier molecular flexibility index (Phi) is 7.17. The zero-order valence-corrected chi connectivity index (χ0v) is 18.1. The molecule has 0 radical (unpaired) electrons. The summed E-state index contributed by atoms with van der Waals surface area (Å²) in [4.78, 5) is 2.55. The quantitative estimate of drug-likeness (QED) is 0.651. The summed E-state index contributed by atoms with van der Waals surface area (Å²) < 4.78 is 27.8. The maximum atomic E-state index is 13.9. The first-order valence-electron chi connectivity index (χ1n) is 9.91. The molecule has 2 aliphatic rings. The molecule has 0 amide bonds. The van der Waals surface area contributed by atoms with Crippen molar-refractivity contribution in [3.05, 3.63) is 0 Å². The Morgan fingerprint density at radius 1 is 1.04 bits per heavy atom. The average molecular weight is 375 g/mol. The lowest BCUT2D eigenvalue weighted by atomic mass is 9.92. The summed E-state index contributed by atoms with van der Waals surface area (Å²) in [5.41, 5.74) is 0.0625. The van der Waals surface area contributed by atoms with Gasteiger partial charge in [0.2, 0.25) is 0 Å². The minimum atomic E-state index is -2.86. The van der Waals surface area contributed by atoms with Crippen LogP contribution < -0.4 is 0 Å². The molecular weight excluding hydrogens is 335 g/mol. The maximum absolute atomic E-state index is 13.9. The van der Waals surface area contributed by atoms with Gasteiger partial charge in [0.15, 0.2) is 0 Å². The van der Waals surface area contributed by atoms with Crippen molar-refractivity contribution in [3.8, 4) is 0 Å². The zero-order chi connectivity index (χ0) is 18.7. The second-order valence-corrected chi connectivity index (χ2v) is 12.5. The fourth-order valence-corrected chi connectivity index (χ4v) is 6.17. The third-order valence-electron chi connectivity index (χ3n) is 5.81. The van der Waals surface area contributed by atoms with Crippen LogP contribution in [0.2, 0.25) is 0 Å². The summed E-state index contributed by atoms with van der Waals surface area (Å²) in [6, 6.07) is 0.598. The lowest BCUT2D eigenvalue weighted by molar-refractivity contribution is 0.00473. The molecule has 0 aliphatic carbocycles. The Morgan fingerprint density at radius 2 is 1.60 bits per heavy atom. The summed E-state index contributed by atoms with van der Waals surface area (Å²) in [5, 5.41) is -0.359. The number of rotatable bonds is 6. The Labute approximate surface area is 154 Å². The summed E-state index contributed by atoms with van der Waals surface area (Å²) in [6.45, 7) is 18.7. The van der Waals surface area contributed by atoms with Gasteiger partial charge >= 0.3 is 0 Å². The summed E-state index contributed by atoms with van der Waals surface area (Å²) in [7, 11) is -2.86. The molecule has 1 atom stereocenters. The fraction of sp³-hybridized carbons (Fsp3) is 1.00. The molecule has 0 saturated carbocycles. The van der Waals surface area contributed by atoms with E-state index >= 15 is 0 Å². The predicted molar refractivity (Wildman–Crippen MR) is 104 cm³/mol. The third-order valence-corrected chi connectivity index (χ3v) is 9.13. The van der Waals surface area contributed by atoms with Crippen LogP contribution in [-0.2, 0) is 13.8 Å². The molecular formula is C19H39N2O3P. The van der Waals surface area contributed by atoms with E-state index in [-0.39, 0.29) is 10.6 Å². The second-order valence-electron chi connectivity index (χ2n) is 9.32.